The maximum absolute atomic E-state index is 12.3. The van der Waals surface area contributed by atoms with E-state index >= 15 is 0 Å². The molecule has 2 saturated heterocycles. The Labute approximate surface area is 158 Å². The molecule has 26 heavy (non-hydrogen) atoms. The number of hydrogen-bond donors (Lipinski definition) is 2. The minimum atomic E-state index is -0.144. The summed E-state index contributed by atoms with van der Waals surface area (Å²) in [5.74, 6) is 1.02. The van der Waals surface area contributed by atoms with Crippen LogP contribution in [0.5, 0.6) is 0 Å². The second kappa shape index (κ2) is 7.72. The standard InChI is InChI=1S/C20H24ClN3O2/c21-14-6-8-15(9-7-14)22-20(25)23-16-11-17-3-1-4-18(12-16)24(17)13-19-5-2-10-26-19/h2,5-10,16-18H,1,3-4,11-13H2,(H2,22,23,25)/t17-,18-/m1/s1. The third kappa shape index (κ3) is 4.05. The van der Waals surface area contributed by atoms with Crippen LogP contribution < -0.4 is 10.6 Å². The van der Waals surface area contributed by atoms with Gasteiger partial charge in [0.2, 0.25) is 0 Å². The topological polar surface area (TPSA) is 57.5 Å². The van der Waals surface area contributed by atoms with Gasteiger partial charge in [-0.15, -0.1) is 0 Å². The Hall–Kier alpha value is -1.98. The number of nitrogens with zero attached hydrogens (tertiary/aromatic N) is 1. The van der Waals surface area contributed by atoms with Crippen molar-refractivity contribution in [1.29, 1.82) is 0 Å². The molecule has 2 N–H and O–H groups in total. The van der Waals surface area contributed by atoms with Crippen molar-refractivity contribution in [1.82, 2.24) is 10.2 Å². The van der Waals surface area contributed by atoms with Crippen LogP contribution in [0.15, 0.2) is 47.1 Å². The number of rotatable bonds is 4. The second-order valence-electron chi connectivity index (χ2n) is 7.26. The monoisotopic (exact) mass is 373 g/mol. The highest BCUT2D eigenvalue weighted by atomic mass is 35.5. The van der Waals surface area contributed by atoms with Crippen molar-refractivity contribution in [2.24, 2.45) is 0 Å². The average molecular weight is 374 g/mol. The molecule has 2 bridgehead atoms. The van der Waals surface area contributed by atoms with E-state index in [0.29, 0.717) is 17.1 Å². The second-order valence-corrected chi connectivity index (χ2v) is 7.70. The van der Waals surface area contributed by atoms with Crippen molar-refractivity contribution in [3.8, 4) is 0 Å². The van der Waals surface area contributed by atoms with Gasteiger partial charge in [-0.1, -0.05) is 18.0 Å². The Morgan fingerprint density at radius 3 is 2.54 bits per heavy atom. The number of carbonyl (C=O) groups is 1. The highest BCUT2D eigenvalue weighted by molar-refractivity contribution is 6.30. The number of amides is 2. The van der Waals surface area contributed by atoms with E-state index in [0.717, 1.165) is 30.8 Å². The molecule has 138 valence electrons. The lowest BCUT2D eigenvalue weighted by Crippen LogP contribution is -2.56. The minimum Gasteiger partial charge on any atom is -0.468 e. The van der Waals surface area contributed by atoms with Crippen molar-refractivity contribution in [3.63, 3.8) is 0 Å². The van der Waals surface area contributed by atoms with E-state index in [9.17, 15) is 4.79 Å². The van der Waals surface area contributed by atoms with Crippen LogP contribution >= 0.6 is 11.6 Å². The fourth-order valence-corrected chi connectivity index (χ4v) is 4.45. The van der Waals surface area contributed by atoms with Gasteiger partial charge in [-0.2, -0.15) is 0 Å². The van der Waals surface area contributed by atoms with Crippen LogP contribution in [-0.2, 0) is 6.54 Å². The maximum Gasteiger partial charge on any atom is 0.319 e. The number of hydrogen-bond acceptors (Lipinski definition) is 3. The van der Waals surface area contributed by atoms with Gasteiger partial charge in [0.15, 0.2) is 0 Å². The van der Waals surface area contributed by atoms with Gasteiger partial charge in [-0.25, -0.2) is 4.79 Å². The van der Waals surface area contributed by atoms with E-state index in [1.807, 2.05) is 24.3 Å². The Kier molecular flexibility index (Phi) is 5.18. The summed E-state index contributed by atoms with van der Waals surface area (Å²) < 4.78 is 5.54. The third-order valence-corrected chi connectivity index (χ3v) is 5.73. The zero-order valence-electron chi connectivity index (χ0n) is 14.7. The first kappa shape index (κ1) is 17.4. The van der Waals surface area contributed by atoms with Crippen LogP contribution in [0.25, 0.3) is 0 Å². The number of piperidine rings is 2. The van der Waals surface area contributed by atoms with Crippen LogP contribution in [-0.4, -0.2) is 29.1 Å². The third-order valence-electron chi connectivity index (χ3n) is 5.48. The Morgan fingerprint density at radius 1 is 1.15 bits per heavy atom. The summed E-state index contributed by atoms with van der Waals surface area (Å²) in [4.78, 5) is 14.9. The fraction of sp³-hybridized carbons (Fsp3) is 0.450. The van der Waals surface area contributed by atoms with E-state index in [4.69, 9.17) is 16.0 Å². The number of halogens is 1. The lowest BCUT2D eigenvalue weighted by molar-refractivity contribution is 0.0150. The van der Waals surface area contributed by atoms with E-state index in [2.05, 4.69) is 15.5 Å². The van der Waals surface area contributed by atoms with E-state index in [1.165, 1.54) is 19.3 Å². The largest absolute Gasteiger partial charge is 0.468 e. The molecule has 2 aliphatic heterocycles. The van der Waals surface area contributed by atoms with Gasteiger partial charge in [-0.05, 0) is 62.1 Å². The summed E-state index contributed by atoms with van der Waals surface area (Å²) in [6.45, 7) is 0.867. The number of fused-ring (bicyclic) bond motifs is 2. The Bertz CT molecular complexity index is 718. The van der Waals surface area contributed by atoms with Crippen LogP contribution in [0, 0.1) is 0 Å². The molecular formula is C20H24ClN3O2. The highest BCUT2D eigenvalue weighted by Crippen LogP contribution is 2.35. The van der Waals surface area contributed by atoms with Gasteiger partial charge in [0.25, 0.3) is 0 Å². The van der Waals surface area contributed by atoms with Crippen molar-refractivity contribution in [2.75, 3.05) is 5.32 Å². The number of anilines is 1. The van der Waals surface area contributed by atoms with E-state index < -0.39 is 0 Å². The van der Waals surface area contributed by atoms with E-state index in [1.54, 1.807) is 18.4 Å². The predicted molar refractivity (Wildman–Crippen MR) is 102 cm³/mol. The Morgan fingerprint density at radius 2 is 1.88 bits per heavy atom. The molecule has 3 heterocycles. The molecule has 2 aliphatic rings. The summed E-state index contributed by atoms with van der Waals surface area (Å²) in [6.07, 6.45) is 7.37. The van der Waals surface area contributed by atoms with Crippen molar-refractivity contribution >= 4 is 23.3 Å². The molecule has 0 unspecified atom stereocenters. The van der Waals surface area contributed by atoms with Crippen LogP contribution in [0.3, 0.4) is 0 Å². The lowest BCUT2D eigenvalue weighted by atomic mass is 9.81. The molecule has 2 aromatic rings. The first-order valence-corrected chi connectivity index (χ1v) is 9.66. The molecule has 0 spiro atoms. The zero-order valence-corrected chi connectivity index (χ0v) is 15.4. The normalized spacial score (nSPS) is 25.7. The van der Waals surface area contributed by atoms with Crippen molar-refractivity contribution in [2.45, 2.75) is 56.8 Å². The molecule has 5 nitrogen and oxygen atoms in total. The number of carbonyl (C=O) groups excluding carboxylic acids is 1. The zero-order chi connectivity index (χ0) is 17.9. The summed E-state index contributed by atoms with van der Waals surface area (Å²) in [5.41, 5.74) is 0.752. The predicted octanol–water partition coefficient (Wildman–Crippen LogP) is 4.64. The fourth-order valence-electron chi connectivity index (χ4n) is 4.32. The maximum atomic E-state index is 12.3. The molecular weight excluding hydrogens is 350 g/mol. The molecule has 0 saturated carbocycles. The molecule has 6 heteroatoms. The summed E-state index contributed by atoms with van der Waals surface area (Å²) in [6, 6.07) is 12.2. The minimum absolute atomic E-state index is 0.144. The molecule has 2 fully saturated rings. The summed E-state index contributed by atoms with van der Waals surface area (Å²) >= 11 is 5.88. The van der Waals surface area contributed by atoms with Gasteiger partial charge in [0, 0.05) is 28.8 Å². The average Bonchev–Trinajstić information content (AvgIpc) is 3.11. The molecule has 1 aromatic heterocycles. The highest BCUT2D eigenvalue weighted by Gasteiger charge is 2.38. The number of benzene rings is 1. The quantitative estimate of drug-likeness (QED) is 0.820. The van der Waals surface area contributed by atoms with Crippen molar-refractivity contribution in [3.05, 3.63) is 53.4 Å². The first-order chi connectivity index (χ1) is 12.7. The molecule has 0 aliphatic carbocycles. The molecule has 2 atom stereocenters. The smallest absolute Gasteiger partial charge is 0.319 e. The van der Waals surface area contributed by atoms with Crippen LogP contribution in [0.2, 0.25) is 5.02 Å². The van der Waals surface area contributed by atoms with Gasteiger partial charge in [0.1, 0.15) is 5.76 Å². The van der Waals surface area contributed by atoms with Crippen LogP contribution in [0.1, 0.15) is 37.9 Å². The van der Waals surface area contributed by atoms with Gasteiger partial charge in [0.05, 0.1) is 12.8 Å². The van der Waals surface area contributed by atoms with Gasteiger partial charge < -0.3 is 15.1 Å². The number of nitrogens with one attached hydrogen (secondary N) is 2. The molecule has 1 aromatic carbocycles. The lowest BCUT2D eigenvalue weighted by Gasteiger charge is -2.48. The summed E-state index contributed by atoms with van der Waals surface area (Å²) in [7, 11) is 0. The van der Waals surface area contributed by atoms with Crippen LogP contribution in [0.4, 0.5) is 10.5 Å². The van der Waals surface area contributed by atoms with Crippen molar-refractivity contribution < 1.29 is 9.21 Å². The molecule has 0 radical (unpaired) electrons. The SMILES string of the molecule is O=C(Nc1ccc(Cl)cc1)NC1C[C@H]2CCC[C@H](C1)N2Cc1ccco1. The van der Waals surface area contributed by atoms with Gasteiger partial charge >= 0.3 is 6.03 Å². The molecule has 4 rings (SSSR count). The first-order valence-electron chi connectivity index (χ1n) is 9.28. The van der Waals surface area contributed by atoms with Gasteiger partial charge in [-0.3, -0.25) is 4.90 Å². The number of furan rings is 1. The number of urea groups is 1. The molecule has 2 amide bonds. The summed E-state index contributed by atoms with van der Waals surface area (Å²) in [5, 5.41) is 6.71. The van der Waals surface area contributed by atoms with E-state index in [-0.39, 0.29) is 12.1 Å². The Balaban J connectivity index is 1.34.